The summed E-state index contributed by atoms with van der Waals surface area (Å²) in [6, 6.07) is 11.1. The lowest BCUT2D eigenvalue weighted by molar-refractivity contribution is 0.0992. The summed E-state index contributed by atoms with van der Waals surface area (Å²) >= 11 is 0. The van der Waals surface area contributed by atoms with Gasteiger partial charge in [0.2, 0.25) is 0 Å². The Morgan fingerprint density at radius 1 is 1.11 bits per heavy atom. The normalized spacial score (nSPS) is 11.7. The van der Waals surface area contributed by atoms with E-state index in [1.54, 1.807) is 14.2 Å². The van der Waals surface area contributed by atoms with E-state index in [2.05, 4.69) is 24.4 Å². The summed E-state index contributed by atoms with van der Waals surface area (Å²) in [6.45, 7) is 4.47. The molecule has 0 bridgehead atoms. The first kappa shape index (κ1) is 16.3. The highest BCUT2D eigenvalue weighted by molar-refractivity contribution is 6.60. The zero-order valence-electron chi connectivity index (χ0n) is 12.1. The molecular weight excluding hydrogens is 258 g/mol. The van der Waals surface area contributed by atoms with E-state index in [0.29, 0.717) is 6.61 Å². The molecule has 1 N–H and O–H groups in total. The van der Waals surface area contributed by atoms with Gasteiger partial charge in [-0.3, -0.25) is 0 Å². The van der Waals surface area contributed by atoms with Crippen LogP contribution in [0.5, 0.6) is 0 Å². The van der Waals surface area contributed by atoms with E-state index < -0.39 is 8.80 Å². The average Bonchev–Trinajstić information content (AvgIpc) is 2.48. The molecule has 0 aliphatic rings. The molecule has 5 heteroatoms. The lowest BCUT2D eigenvalue weighted by Crippen LogP contribution is -2.45. The van der Waals surface area contributed by atoms with Crippen molar-refractivity contribution < 1.29 is 13.3 Å². The van der Waals surface area contributed by atoms with Gasteiger partial charge in [0, 0.05) is 26.8 Å². The fourth-order valence-electron chi connectivity index (χ4n) is 1.88. The van der Waals surface area contributed by atoms with Crippen LogP contribution in [0.4, 0.5) is 0 Å². The molecule has 0 radical (unpaired) electrons. The molecule has 0 heterocycles. The predicted molar refractivity (Wildman–Crippen MR) is 79.2 cm³/mol. The topological polar surface area (TPSA) is 39.7 Å². The third kappa shape index (κ3) is 5.84. The van der Waals surface area contributed by atoms with Gasteiger partial charge >= 0.3 is 8.80 Å². The van der Waals surface area contributed by atoms with Gasteiger partial charge in [-0.25, -0.2) is 0 Å². The quantitative estimate of drug-likeness (QED) is 0.527. The molecule has 0 fully saturated rings. The van der Waals surface area contributed by atoms with E-state index in [0.717, 1.165) is 25.6 Å². The predicted octanol–water partition coefficient (Wildman–Crippen LogP) is 2.09. The van der Waals surface area contributed by atoms with Crippen molar-refractivity contribution in [1.29, 1.82) is 0 Å². The first-order valence-electron chi connectivity index (χ1n) is 6.75. The summed E-state index contributed by atoms with van der Waals surface area (Å²) < 4.78 is 17.0. The second kappa shape index (κ2) is 9.22. The van der Waals surface area contributed by atoms with Crippen molar-refractivity contribution in [3.63, 3.8) is 0 Å². The number of aryl methyl sites for hydroxylation is 1. The molecule has 1 aromatic rings. The summed E-state index contributed by atoms with van der Waals surface area (Å²) in [7, 11) is 0.833. The summed E-state index contributed by atoms with van der Waals surface area (Å²) in [5, 5.41) is 3.23. The number of hydrogen-bond acceptors (Lipinski definition) is 4. The molecule has 0 aliphatic heterocycles. The second-order valence-corrected chi connectivity index (χ2v) is 7.25. The summed E-state index contributed by atoms with van der Waals surface area (Å²) in [5.74, 6) is 0. The van der Waals surface area contributed by atoms with Crippen molar-refractivity contribution in [3.8, 4) is 0 Å². The number of hydrogen-bond donors (Lipinski definition) is 1. The van der Waals surface area contributed by atoms with Gasteiger partial charge in [-0.1, -0.05) is 37.3 Å². The molecule has 1 rings (SSSR count). The smallest absolute Gasteiger partial charge is 0.377 e. The number of benzene rings is 1. The minimum absolute atomic E-state index is 0.622. The monoisotopic (exact) mass is 283 g/mol. The minimum atomic E-state index is -2.52. The van der Waals surface area contributed by atoms with Crippen LogP contribution >= 0.6 is 0 Å². The van der Waals surface area contributed by atoms with Crippen molar-refractivity contribution in [1.82, 2.24) is 5.32 Å². The van der Waals surface area contributed by atoms with Crippen LogP contribution in [0.3, 0.4) is 0 Å². The van der Waals surface area contributed by atoms with E-state index in [1.807, 2.05) is 18.2 Å². The van der Waals surface area contributed by atoms with Gasteiger partial charge < -0.3 is 18.6 Å². The molecular formula is C14H25NO3Si. The summed E-state index contributed by atoms with van der Waals surface area (Å²) in [5.41, 5.74) is 1.28. The Labute approximate surface area is 117 Å². The largest absolute Gasteiger partial charge is 0.500 e. The molecule has 0 unspecified atom stereocenters. The highest BCUT2D eigenvalue weighted by atomic mass is 28.4. The molecule has 108 valence electrons. The van der Waals surface area contributed by atoms with Crippen LogP contribution in [-0.2, 0) is 19.7 Å². The van der Waals surface area contributed by atoms with E-state index >= 15 is 0 Å². The molecule has 0 atom stereocenters. The van der Waals surface area contributed by atoms with Crippen LogP contribution in [0.2, 0.25) is 6.04 Å². The number of nitrogens with one attached hydrogen (secondary N) is 1. The molecule has 0 amide bonds. The van der Waals surface area contributed by atoms with Gasteiger partial charge in [0.05, 0.1) is 6.61 Å². The van der Waals surface area contributed by atoms with Gasteiger partial charge in [0.15, 0.2) is 0 Å². The Bertz CT molecular complexity index is 331. The van der Waals surface area contributed by atoms with Crippen molar-refractivity contribution in [2.45, 2.75) is 19.4 Å². The lowest BCUT2D eigenvalue weighted by Gasteiger charge is -2.26. The van der Waals surface area contributed by atoms with E-state index in [4.69, 9.17) is 13.3 Å². The van der Waals surface area contributed by atoms with Gasteiger partial charge in [0.1, 0.15) is 0 Å². The third-order valence-electron chi connectivity index (χ3n) is 3.04. The Hall–Kier alpha value is -0.723. The van der Waals surface area contributed by atoms with Crippen LogP contribution in [0.15, 0.2) is 30.3 Å². The minimum Gasteiger partial charge on any atom is -0.377 e. The van der Waals surface area contributed by atoms with Crippen molar-refractivity contribution >= 4 is 8.80 Å². The van der Waals surface area contributed by atoms with Gasteiger partial charge in [0.25, 0.3) is 0 Å². The fraction of sp³-hybridized carbons (Fsp3) is 0.571. The Balaban J connectivity index is 2.46. The van der Waals surface area contributed by atoms with E-state index in [9.17, 15) is 0 Å². The highest BCUT2D eigenvalue weighted by Gasteiger charge is 2.38. The van der Waals surface area contributed by atoms with Crippen molar-refractivity contribution in [2.75, 3.05) is 33.9 Å². The molecule has 0 saturated carbocycles. The van der Waals surface area contributed by atoms with Crippen LogP contribution in [-0.4, -0.2) is 42.7 Å². The van der Waals surface area contributed by atoms with Crippen molar-refractivity contribution in [3.05, 3.63) is 35.9 Å². The number of rotatable bonds is 10. The third-order valence-corrected chi connectivity index (χ3v) is 5.79. The van der Waals surface area contributed by atoms with Crippen molar-refractivity contribution in [2.24, 2.45) is 0 Å². The molecule has 0 aliphatic carbocycles. The molecule has 0 spiro atoms. The molecule has 4 nitrogen and oxygen atoms in total. The Kier molecular flexibility index (Phi) is 7.93. The van der Waals surface area contributed by atoms with Crippen LogP contribution < -0.4 is 5.32 Å². The average molecular weight is 283 g/mol. The fourth-order valence-corrected chi connectivity index (χ4v) is 3.84. The maximum atomic E-state index is 5.88. The van der Waals surface area contributed by atoms with Gasteiger partial charge in [-0.05, 0) is 18.5 Å². The lowest BCUT2D eigenvalue weighted by atomic mass is 10.2. The number of likely N-dealkylation sites (N-methyl/N-ethyl adjacent to an activating group) is 1. The van der Waals surface area contributed by atoms with Gasteiger partial charge in [-0.15, -0.1) is 0 Å². The van der Waals surface area contributed by atoms with Crippen LogP contribution in [0, 0.1) is 0 Å². The molecule has 0 aromatic heterocycles. The summed E-state index contributed by atoms with van der Waals surface area (Å²) in [4.78, 5) is 0. The summed E-state index contributed by atoms with van der Waals surface area (Å²) in [6.07, 6.45) is 0.913. The first-order valence-corrected chi connectivity index (χ1v) is 8.68. The first-order chi connectivity index (χ1) is 9.26. The SMILES string of the molecule is CCNCCO[Si](CCc1ccccc1)(OC)OC. The maximum absolute atomic E-state index is 5.88. The highest BCUT2D eigenvalue weighted by Crippen LogP contribution is 2.17. The Morgan fingerprint density at radius 3 is 2.37 bits per heavy atom. The van der Waals surface area contributed by atoms with Crippen LogP contribution in [0.25, 0.3) is 0 Å². The van der Waals surface area contributed by atoms with Gasteiger partial charge in [-0.2, -0.15) is 0 Å². The molecule has 0 saturated heterocycles. The molecule has 19 heavy (non-hydrogen) atoms. The zero-order chi connectivity index (χ0) is 14.0. The van der Waals surface area contributed by atoms with E-state index in [-0.39, 0.29) is 0 Å². The molecule has 1 aromatic carbocycles. The van der Waals surface area contributed by atoms with E-state index in [1.165, 1.54) is 5.56 Å². The standard InChI is InChI=1S/C14H25NO3Si/c1-4-15-11-12-18-19(16-2,17-3)13-10-14-8-6-5-7-9-14/h5-9,15H,4,10-13H2,1-3H3. The van der Waals surface area contributed by atoms with Crippen LogP contribution in [0.1, 0.15) is 12.5 Å². The maximum Gasteiger partial charge on any atom is 0.500 e. The Morgan fingerprint density at radius 2 is 1.79 bits per heavy atom. The second-order valence-electron chi connectivity index (χ2n) is 4.28. The zero-order valence-corrected chi connectivity index (χ0v) is 13.1.